The van der Waals surface area contributed by atoms with E-state index in [0.29, 0.717) is 17.2 Å². The monoisotopic (exact) mass is 307 g/mol. The van der Waals surface area contributed by atoms with Gasteiger partial charge in [0.2, 0.25) is 0 Å². The highest BCUT2D eigenvalue weighted by Gasteiger charge is 2.18. The molecule has 1 aromatic heterocycles. The van der Waals surface area contributed by atoms with Gasteiger partial charge in [0.25, 0.3) is 5.91 Å². The topological polar surface area (TPSA) is 49.3 Å². The molecule has 0 saturated carbocycles. The lowest BCUT2D eigenvalue weighted by Gasteiger charge is -2.22. The van der Waals surface area contributed by atoms with Crippen molar-refractivity contribution in [2.45, 2.75) is 53.0 Å². The van der Waals surface area contributed by atoms with Crippen LogP contribution in [-0.2, 0) is 0 Å². The molecule has 1 atom stereocenters. The molecule has 1 amide bonds. The minimum atomic E-state index is -0.0160. The molecule has 0 aromatic carbocycles. The number of aryl methyl sites for hydroxylation is 1. The fourth-order valence-electron chi connectivity index (χ4n) is 2.31. The van der Waals surface area contributed by atoms with E-state index in [4.69, 9.17) is 5.11 Å². The van der Waals surface area contributed by atoms with Crippen LogP contribution in [0.25, 0.3) is 0 Å². The minimum absolute atomic E-state index is 0.0160. The molecule has 0 aliphatic carbocycles. The van der Waals surface area contributed by atoms with Crippen molar-refractivity contribution in [2.24, 2.45) is 5.92 Å². The number of hydrogen-bond donors (Lipinski definition) is 2. The predicted molar refractivity (Wildman–Crippen MR) is 88.6 cm³/mol. The molecular weight excluding hydrogens is 282 g/mol. The van der Waals surface area contributed by atoms with E-state index in [0.717, 1.165) is 23.3 Å². The zero-order chi connectivity index (χ0) is 15.8. The van der Waals surface area contributed by atoms with Gasteiger partial charge in [-0.2, -0.15) is 0 Å². The van der Waals surface area contributed by atoms with Gasteiger partial charge in [0, 0.05) is 12.5 Å². The van der Waals surface area contributed by atoms with Gasteiger partial charge in [0.05, 0.1) is 16.4 Å². The molecule has 0 bridgehead atoms. The van der Waals surface area contributed by atoms with Crippen LogP contribution < -0.4 is 5.32 Å². The first kappa shape index (κ1) is 17.7. The summed E-state index contributed by atoms with van der Waals surface area (Å²) in [6.45, 7) is 8.40. The second kappa shape index (κ2) is 8.86. The summed E-state index contributed by atoms with van der Waals surface area (Å²) in [4.78, 5) is 13.9. The van der Waals surface area contributed by atoms with Crippen LogP contribution in [0.2, 0.25) is 0 Å². The van der Waals surface area contributed by atoms with Gasteiger partial charge >= 0.3 is 0 Å². The molecule has 116 valence electrons. The molecule has 0 aliphatic rings. The molecule has 0 radical (unpaired) electrons. The molecule has 1 rings (SSSR count). The van der Waals surface area contributed by atoms with Crippen LogP contribution in [0.5, 0.6) is 0 Å². The minimum Gasteiger partial charge on any atom is -0.395 e. The molecule has 1 aromatic rings. The van der Waals surface area contributed by atoms with Crippen molar-refractivity contribution < 1.29 is 9.90 Å². The van der Waals surface area contributed by atoms with E-state index in [2.05, 4.69) is 37.9 Å². The summed E-state index contributed by atoms with van der Waals surface area (Å²) < 4.78 is 0. The number of carbonyl (C=O) groups excluding carboxylic acids is 1. The number of carbonyl (C=O) groups is 1. The van der Waals surface area contributed by atoms with Crippen molar-refractivity contribution in [1.29, 1.82) is 0 Å². The van der Waals surface area contributed by atoms with Crippen LogP contribution in [0.4, 0.5) is 0 Å². The fourth-order valence-corrected chi connectivity index (χ4v) is 3.26. The van der Waals surface area contributed by atoms with E-state index in [9.17, 15) is 4.79 Å². The Bertz CT molecular complexity index is 521. The van der Waals surface area contributed by atoms with Gasteiger partial charge in [-0.25, -0.2) is 0 Å². The molecule has 0 fully saturated rings. The summed E-state index contributed by atoms with van der Waals surface area (Å²) in [7, 11) is 0. The predicted octanol–water partition coefficient (Wildman–Crippen LogP) is 3.34. The van der Waals surface area contributed by atoms with Gasteiger partial charge in [-0.15, -0.1) is 11.3 Å². The van der Waals surface area contributed by atoms with E-state index in [1.807, 2.05) is 13.0 Å². The van der Waals surface area contributed by atoms with Gasteiger partial charge in [0.1, 0.15) is 0 Å². The van der Waals surface area contributed by atoms with Crippen molar-refractivity contribution >= 4 is 17.2 Å². The Morgan fingerprint density at radius 1 is 1.43 bits per heavy atom. The van der Waals surface area contributed by atoms with E-state index < -0.39 is 0 Å². The van der Waals surface area contributed by atoms with E-state index >= 15 is 0 Å². The highest BCUT2D eigenvalue weighted by molar-refractivity contribution is 7.14. The van der Waals surface area contributed by atoms with Gasteiger partial charge < -0.3 is 10.4 Å². The first-order valence-electron chi connectivity index (χ1n) is 7.54. The third-order valence-corrected chi connectivity index (χ3v) is 4.85. The normalized spacial score (nSPS) is 11.9. The van der Waals surface area contributed by atoms with Gasteiger partial charge in [-0.05, 0) is 31.4 Å². The second-order valence-corrected chi connectivity index (χ2v) is 6.29. The first-order valence-corrected chi connectivity index (χ1v) is 8.36. The first-order chi connectivity index (χ1) is 10.0. The summed E-state index contributed by atoms with van der Waals surface area (Å²) in [5.74, 6) is 6.41. The average molecular weight is 307 g/mol. The third kappa shape index (κ3) is 5.18. The third-order valence-electron chi connectivity index (χ3n) is 3.69. The Hall–Kier alpha value is -1.31. The largest absolute Gasteiger partial charge is 0.395 e. The highest BCUT2D eigenvalue weighted by Crippen LogP contribution is 2.22. The van der Waals surface area contributed by atoms with Crippen LogP contribution in [0.1, 0.15) is 60.1 Å². The number of aliphatic hydroxyl groups is 1. The number of nitrogens with one attached hydrogen (secondary N) is 1. The maximum atomic E-state index is 12.3. The van der Waals surface area contributed by atoms with Crippen LogP contribution in [-0.4, -0.2) is 23.7 Å². The Balaban J connectivity index is 2.76. The number of hydrogen-bond acceptors (Lipinski definition) is 3. The van der Waals surface area contributed by atoms with Gasteiger partial charge in [-0.3, -0.25) is 4.79 Å². The quantitative estimate of drug-likeness (QED) is 0.792. The van der Waals surface area contributed by atoms with Gasteiger partial charge in [-0.1, -0.05) is 38.5 Å². The molecule has 0 spiro atoms. The van der Waals surface area contributed by atoms with Gasteiger partial charge in [0.15, 0.2) is 0 Å². The Labute approximate surface area is 131 Å². The number of aliphatic hydroxyl groups excluding tert-OH is 1. The summed E-state index contributed by atoms with van der Waals surface area (Å²) in [6, 6.07) is 2.07. The van der Waals surface area contributed by atoms with Crippen molar-refractivity contribution in [3.05, 3.63) is 21.4 Å². The summed E-state index contributed by atoms with van der Waals surface area (Å²) in [5, 5.41) is 11.8. The van der Waals surface area contributed by atoms with E-state index in [-0.39, 0.29) is 18.6 Å². The molecular formula is C17H25NO2S. The Morgan fingerprint density at radius 2 is 2.10 bits per heavy atom. The van der Waals surface area contributed by atoms with E-state index in [1.54, 1.807) is 0 Å². The molecule has 21 heavy (non-hydrogen) atoms. The number of thiophene rings is 1. The molecule has 1 unspecified atom stereocenters. The number of rotatable bonds is 6. The molecule has 4 heteroatoms. The summed E-state index contributed by atoms with van der Waals surface area (Å²) in [6.07, 6.45) is 2.60. The SMILES string of the molecule is CCC(CC)C(C)NC(=O)c1cc(C)c(C#CCCO)s1. The zero-order valence-electron chi connectivity index (χ0n) is 13.3. The maximum absolute atomic E-state index is 12.3. The average Bonchev–Trinajstić information content (AvgIpc) is 2.82. The van der Waals surface area contributed by atoms with Crippen LogP contribution >= 0.6 is 11.3 Å². The maximum Gasteiger partial charge on any atom is 0.261 e. The molecule has 3 nitrogen and oxygen atoms in total. The molecule has 0 saturated heterocycles. The molecule has 2 N–H and O–H groups in total. The van der Waals surface area contributed by atoms with Crippen LogP contribution in [0, 0.1) is 24.7 Å². The zero-order valence-corrected chi connectivity index (χ0v) is 14.1. The Kier molecular flexibility index (Phi) is 7.49. The van der Waals surface area contributed by atoms with Crippen LogP contribution in [0.15, 0.2) is 6.07 Å². The van der Waals surface area contributed by atoms with Crippen molar-refractivity contribution in [3.63, 3.8) is 0 Å². The lowest BCUT2D eigenvalue weighted by molar-refractivity contribution is 0.0929. The number of amides is 1. The smallest absolute Gasteiger partial charge is 0.261 e. The highest BCUT2D eigenvalue weighted by atomic mass is 32.1. The van der Waals surface area contributed by atoms with Crippen molar-refractivity contribution in [3.8, 4) is 11.8 Å². The summed E-state index contributed by atoms with van der Waals surface area (Å²) >= 11 is 1.42. The summed E-state index contributed by atoms with van der Waals surface area (Å²) in [5.41, 5.74) is 1.02. The molecule has 0 aliphatic heterocycles. The van der Waals surface area contributed by atoms with E-state index in [1.165, 1.54) is 11.3 Å². The molecule has 1 heterocycles. The standard InChI is InChI=1S/C17H25NO2S/c1-5-14(6-2)13(4)18-17(20)16-11-12(3)15(21-16)9-7-8-10-19/h11,13-14,19H,5-6,8,10H2,1-4H3,(H,18,20). The lowest BCUT2D eigenvalue weighted by atomic mass is 9.95. The van der Waals surface area contributed by atoms with Crippen molar-refractivity contribution in [2.75, 3.05) is 6.61 Å². The van der Waals surface area contributed by atoms with Crippen molar-refractivity contribution in [1.82, 2.24) is 5.32 Å². The lowest BCUT2D eigenvalue weighted by Crippen LogP contribution is -2.37. The fraction of sp³-hybridized carbons (Fsp3) is 0.588. The van der Waals surface area contributed by atoms with Crippen LogP contribution in [0.3, 0.4) is 0 Å². The second-order valence-electron chi connectivity index (χ2n) is 5.24. The Morgan fingerprint density at radius 3 is 2.67 bits per heavy atom.